The molecule has 1 aliphatic rings. The van der Waals surface area contributed by atoms with Crippen LogP contribution in [0.15, 0.2) is 22.7 Å². The molecular weight excluding hydrogens is 292 g/mol. The van der Waals surface area contributed by atoms with Crippen molar-refractivity contribution in [3.8, 4) is 11.4 Å². The van der Waals surface area contributed by atoms with E-state index < -0.39 is 11.6 Å². The standard InChI is InChI=1S/C12H11F2N3O2.ClH/c13-8-2-1-7(5-9(8)14)11-16-12(19-17-11)10-6-15-3-4-18-10;/h1-2,5,10,15H,3-4,6H2;1H/t10-;/m1./s1. The molecule has 1 N–H and O–H groups in total. The van der Waals surface area contributed by atoms with Crippen LogP contribution in [0.25, 0.3) is 11.4 Å². The summed E-state index contributed by atoms with van der Waals surface area (Å²) in [6, 6.07) is 3.45. The van der Waals surface area contributed by atoms with E-state index in [4.69, 9.17) is 9.26 Å². The van der Waals surface area contributed by atoms with Crippen molar-refractivity contribution >= 4 is 12.4 Å². The number of hydrogen-bond donors (Lipinski definition) is 1. The van der Waals surface area contributed by atoms with Gasteiger partial charge in [-0.3, -0.25) is 0 Å². The molecule has 1 atom stereocenters. The van der Waals surface area contributed by atoms with Crippen molar-refractivity contribution in [2.24, 2.45) is 0 Å². The van der Waals surface area contributed by atoms with E-state index in [1.807, 2.05) is 0 Å². The molecule has 0 saturated carbocycles. The quantitative estimate of drug-likeness (QED) is 0.920. The zero-order valence-electron chi connectivity index (χ0n) is 10.3. The second-order valence-electron chi connectivity index (χ2n) is 4.15. The van der Waals surface area contributed by atoms with Crippen LogP contribution in [-0.2, 0) is 4.74 Å². The van der Waals surface area contributed by atoms with Crippen molar-refractivity contribution in [1.82, 2.24) is 15.5 Å². The summed E-state index contributed by atoms with van der Waals surface area (Å²) in [6.45, 7) is 1.92. The van der Waals surface area contributed by atoms with Crippen LogP contribution in [-0.4, -0.2) is 29.8 Å². The van der Waals surface area contributed by atoms with Gasteiger partial charge >= 0.3 is 0 Å². The van der Waals surface area contributed by atoms with Gasteiger partial charge in [-0.25, -0.2) is 8.78 Å². The molecule has 2 heterocycles. The van der Waals surface area contributed by atoms with E-state index in [9.17, 15) is 8.78 Å². The molecule has 1 aromatic heterocycles. The van der Waals surface area contributed by atoms with Gasteiger partial charge in [0.15, 0.2) is 11.6 Å². The molecule has 1 saturated heterocycles. The summed E-state index contributed by atoms with van der Waals surface area (Å²) < 4.78 is 36.5. The van der Waals surface area contributed by atoms with Crippen LogP contribution in [0.2, 0.25) is 0 Å². The Kier molecular flexibility index (Phi) is 4.64. The van der Waals surface area contributed by atoms with Crippen LogP contribution in [0.5, 0.6) is 0 Å². The van der Waals surface area contributed by atoms with Crippen LogP contribution in [0.4, 0.5) is 8.78 Å². The summed E-state index contributed by atoms with van der Waals surface area (Å²) in [5.41, 5.74) is 0.359. The molecule has 1 aliphatic heterocycles. The van der Waals surface area contributed by atoms with Crippen molar-refractivity contribution in [1.29, 1.82) is 0 Å². The third-order valence-corrected chi connectivity index (χ3v) is 2.82. The topological polar surface area (TPSA) is 60.2 Å². The van der Waals surface area contributed by atoms with Gasteiger partial charge in [-0.05, 0) is 18.2 Å². The van der Waals surface area contributed by atoms with Crippen LogP contribution >= 0.6 is 12.4 Å². The average molecular weight is 304 g/mol. The van der Waals surface area contributed by atoms with Gasteiger partial charge in [0.1, 0.15) is 6.10 Å². The minimum absolute atomic E-state index is 0. The molecule has 1 fully saturated rings. The molecule has 0 spiro atoms. The molecule has 1 aromatic carbocycles. The van der Waals surface area contributed by atoms with Crippen molar-refractivity contribution in [2.75, 3.05) is 19.7 Å². The van der Waals surface area contributed by atoms with E-state index in [0.717, 1.165) is 18.7 Å². The molecule has 0 unspecified atom stereocenters. The number of halogens is 3. The van der Waals surface area contributed by atoms with Crippen molar-refractivity contribution < 1.29 is 18.0 Å². The molecule has 20 heavy (non-hydrogen) atoms. The molecule has 8 heteroatoms. The summed E-state index contributed by atoms with van der Waals surface area (Å²) in [4.78, 5) is 4.14. The SMILES string of the molecule is Cl.Fc1ccc(-c2noc([C@H]3CNCCO3)n2)cc1F. The Morgan fingerprint density at radius 2 is 2.10 bits per heavy atom. The maximum atomic E-state index is 13.1. The highest BCUT2D eigenvalue weighted by molar-refractivity contribution is 5.85. The number of ether oxygens (including phenoxy) is 1. The first-order chi connectivity index (χ1) is 9.24. The second kappa shape index (κ2) is 6.25. The maximum Gasteiger partial charge on any atom is 0.257 e. The van der Waals surface area contributed by atoms with Crippen molar-refractivity contribution in [3.05, 3.63) is 35.7 Å². The predicted molar refractivity (Wildman–Crippen MR) is 68.5 cm³/mol. The number of benzene rings is 1. The maximum absolute atomic E-state index is 13.1. The molecule has 0 bridgehead atoms. The Hall–Kier alpha value is -1.57. The van der Waals surface area contributed by atoms with E-state index in [0.29, 0.717) is 24.6 Å². The fraction of sp³-hybridized carbons (Fsp3) is 0.333. The first-order valence-corrected chi connectivity index (χ1v) is 5.85. The zero-order chi connectivity index (χ0) is 13.2. The van der Waals surface area contributed by atoms with Gasteiger partial charge in [-0.1, -0.05) is 5.16 Å². The van der Waals surface area contributed by atoms with E-state index in [-0.39, 0.29) is 24.3 Å². The third kappa shape index (κ3) is 2.95. The third-order valence-electron chi connectivity index (χ3n) is 2.82. The molecule has 0 amide bonds. The highest BCUT2D eigenvalue weighted by Crippen LogP contribution is 2.22. The molecule has 108 valence electrons. The van der Waals surface area contributed by atoms with Gasteiger partial charge < -0.3 is 14.6 Å². The van der Waals surface area contributed by atoms with E-state index in [1.54, 1.807) is 0 Å². The number of hydrogen-bond acceptors (Lipinski definition) is 5. The molecule has 0 radical (unpaired) electrons. The second-order valence-corrected chi connectivity index (χ2v) is 4.15. The summed E-state index contributed by atoms with van der Waals surface area (Å²) in [7, 11) is 0. The molecular formula is C12H12ClF2N3O2. The summed E-state index contributed by atoms with van der Waals surface area (Å²) in [6.07, 6.45) is -0.305. The first kappa shape index (κ1) is 14.8. The van der Waals surface area contributed by atoms with E-state index >= 15 is 0 Å². The lowest BCUT2D eigenvalue weighted by Crippen LogP contribution is -2.33. The monoisotopic (exact) mass is 303 g/mol. The first-order valence-electron chi connectivity index (χ1n) is 5.85. The fourth-order valence-corrected chi connectivity index (χ4v) is 1.84. The van der Waals surface area contributed by atoms with Gasteiger partial charge in [0.25, 0.3) is 5.89 Å². The molecule has 0 aliphatic carbocycles. The van der Waals surface area contributed by atoms with E-state index in [1.165, 1.54) is 6.07 Å². The van der Waals surface area contributed by atoms with Gasteiger partial charge in [0.2, 0.25) is 5.82 Å². The van der Waals surface area contributed by atoms with Gasteiger partial charge in [0.05, 0.1) is 6.61 Å². The van der Waals surface area contributed by atoms with Crippen molar-refractivity contribution in [2.45, 2.75) is 6.10 Å². The number of aromatic nitrogens is 2. The highest BCUT2D eigenvalue weighted by Gasteiger charge is 2.22. The summed E-state index contributed by atoms with van der Waals surface area (Å²) in [5, 5.41) is 6.89. The Morgan fingerprint density at radius 3 is 2.80 bits per heavy atom. The number of morpholine rings is 1. The Bertz CT molecular complexity index is 588. The Morgan fingerprint density at radius 1 is 1.25 bits per heavy atom. The van der Waals surface area contributed by atoms with Crippen LogP contribution in [0.1, 0.15) is 12.0 Å². The normalized spacial score (nSPS) is 18.6. The molecule has 2 aromatic rings. The van der Waals surface area contributed by atoms with Crippen LogP contribution < -0.4 is 5.32 Å². The minimum atomic E-state index is -0.945. The van der Waals surface area contributed by atoms with Gasteiger partial charge in [0, 0.05) is 18.7 Å². The number of nitrogens with zero attached hydrogens (tertiary/aromatic N) is 2. The van der Waals surface area contributed by atoms with Crippen LogP contribution in [0, 0.1) is 11.6 Å². The predicted octanol–water partition coefficient (Wildman–Crippen LogP) is 2.10. The lowest BCUT2D eigenvalue weighted by molar-refractivity contribution is 0.00755. The summed E-state index contributed by atoms with van der Waals surface area (Å²) >= 11 is 0. The van der Waals surface area contributed by atoms with Gasteiger partial charge in [-0.2, -0.15) is 4.98 Å². The van der Waals surface area contributed by atoms with Crippen LogP contribution in [0.3, 0.4) is 0 Å². The van der Waals surface area contributed by atoms with Gasteiger partial charge in [-0.15, -0.1) is 12.4 Å². The minimum Gasteiger partial charge on any atom is -0.366 e. The fourth-order valence-electron chi connectivity index (χ4n) is 1.84. The van der Waals surface area contributed by atoms with E-state index in [2.05, 4.69) is 15.5 Å². The Balaban J connectivity index is 0.00000147. The molecule has 3 rings (SSSR count). The zero-order valence-corrected chi connectivity index (χ0v) is 11.1. The lowest BCUT2D eigenvalue weighted by Gasteiger charge is -2.19. The lowest BCUT2D eigenvalue weighted by atomic mass is 10.2. The Labute approximate surface area is 119 Å². The average Bonchev–Trinajstić information content (AvgIpc) is 2.93. The molecule has 5 nitrogen and oxygen atoms in total. The smallest absolute Gasteiger partial charge is 0.257 e. The number of nitrogens with one attached hydrogen (secondary N) is 1. The number of rotatable bonds is 2. The van der Waals surface area contributed by atoms with Crippen molar-refractivity contribution in [3.63, 3.8) is 0 Å². The largest absolute Gasteiger partial charge is 0.366 e. The highest BCUT2D eigenvalue weighted by atomic mass is 35.5. The summed E-state index contributed by atoms with van der Waals surface area (Å²) in [5.74, 6) is -1.32.